The van der Waals surface area contributed by atoms with Gasteiger partial charge in [-0.1, -0.05) is 65.2 Å². The molecule has 0 saturated heterocycles. The molecule has 9 nitrogen and oxygen atoms in total. The Kier molecular flexibility index (Phi) is 15.6. The molecule has 2 aliphatic carbocycles. The third-order valence-corrected chi connectivity index (χ3v) is 9.91. The molecule has 0 radical (unpaired) electrons. The van der Waals surface area contributed by atoms with E-state index in [2.05, 4.69) is 18.4 Å². The number of phenolic OH excluding ortho intramolecular Hbond substituents is 1. The van der Waals surface area contributed by atoms with Gasteiger partial charge >= 0.3 is 0 Å². The molecule has 1 unspecified atom stereocenters. The molecule has 0 amide bonds. The predicted molar refractivity (Wildman–Crippen MR) is 191 cm³/mol. The number of aliphatic hydroxyl groups is 3. The topological polar surface area (TPSA) is 142 Å². The third kappa shape index (κ3) is 11.3. The molecule has 10 heteroatoms. The fraction of sp³-hybridized carbons (Fsp3) is 0.595. The van der Waals surface area contributed by atoms with Gasteiger partial charge in [0.2, 0.25) is 5.71 Å². The van der Waals surface area contributed by atoms with Gasteiger partial charge in [0, 0.05) is 66.0 Å². The summed E-state index contributed by atoms with van der Waals surface area (Å²) in [7, 11) is -4.06. The molecule has 1 atom stereocenters. The summed E-state index contributed by atoms with van der Waals surface area (Å²) in [5.74, 6) is -0.695. The Hall–Kier alpha value is -3.08. The number of phenols is 1. The molecule has 262 valence electrons. The molecule has 1 aromatic carbocycles. The SMILES string of the molecule is CCCCCCCC[N+](CCCCCCCC)=C1C=CC(=C2C(O)=C(c3ccc(N(CC)CCCS(=O)(=O)O)cc3O)C2O)C(O)=C1. The lowest BCUT2D eigenvalue weighted by atomic mass is 9.78. The van der Waals surface area contributed by atoms with Gasteiger partial charge in [0.25, 0.3) is 10.1 Å². The van der Waals surface area contributed by atoms with Crippen molar-refractivity contribution in [3.05, 3.63) is 64.7 Å². The molecule has 2 aliphatic rings. The number of unbranched alkanes of at least 4 members (excludes halogenated alkanes) is 10. The van der Waals surface area contributed by atoms with E-state index in [1.165, 1.54) is 70.3 Å². The van der Waals surface area contributed by atoms with Gasteiger partial charge in [0.15, 0.2) is 0 Å². The quantitative estimate of drug-likeness (QED) is 0.0510. The average Bonchev–Trinajstić information content (AvgIpc) is 3.03. The number of aliphatic hydroxyl groups excluding tert-OH is 3. The van der Waals surface area contributed by atoms with Crippen LogP contribution in [0.25, 0.3) is 5.57 Å². The Morgan fingerprint density at radius 3 is 1.89 bits per heavy atom. The van der Waals surface area contributed by atoms with Crippen molar-refractivity contribution in [1.82, 2.24) is 0 Å². The standard InChI is InChI=1S/C37H56N2O7S/c1-4-7-9-11-13-15-22-39(23-16-14-12-10-8-5-2)29-19-21-31(33(41)27-29)35-36(42)34(37(35)43)30-20-18-28(26-32(30)40)38(6-3)24-17-25-47(44,45)46/h18-21,26-27,36,42H,4-17,22-25H2,1-3H3,(H3,40,41,43,44,45,46)/p+1. The van der Waals surface area contributed by atoms with Crippen LogP contribution in [0, 0.1) is 0 Å². The van der Waals surface area contributed by atoms with Crippen LogP contribution in [-0.4, -0.2) is 81.7 Å². The van der Waals surface area contributed by atoms with Gasteiger partial charge in [-0.25, -0.2) is 4.58 Å². The Bertz CT molecular complexity index is 1440. The lowest BCUT2D eigenvalue weighted by Crippen LogP contribution is -2.29. The van der Waals surface area contributed by atoms with Crippen LogP contribution in [-0.2, 0) is 10.1 Å². The highest BCUT2D eigenvalue weighted by Crippen LogP contribution is 2.46. The first-order valence-corrected chi connectivity index (χ1v) is 19.2. The maximum Gasteiger partial charge on any atom is 0.264 e. The van der Waals surface area contributed by atoms with Gasteiger partial charge in [-0.2, -0.15) is 8.42 Å². The van der Waals surface area contributed by atoms with Crippen molar-refractivity contribution >= 4 is 27.1 Å². The van der Waals surface area contributed by atoms with E-state index in [-0.39, 0.29) is 46.2 Å². The number of nitrogens with zero attached hydrogens (tertiary/aromatic N) is 2. The van der Waals surface area contributed by atoms with Crippen LogP contribution in [0.1, 0.15) is 110 Å². The van der Waals surface area contributed by atoms with E-state index < -0.39 is 16.2 Å². The molecular formula is C37H57N2O7S+. The first-order chi connectivity index (χ1) is 22.5. The van der Waals surface area contributed by atoms with Crippen molar-refractivity contribution in [3.63, 3.8) is 0 Å². The van der Waals surface area contributed by atoms with Crippen LogP contribution in [0.15, 0.2) is 59.1 Å². The number of allylic oxidation sites excluding steroid dienone is 3. The second-order valence-corrected chi connectivity index (χ2v) is 14.3. The van der Waals surface area contributed by atoms with Crippen molar-refractivity contribution in [3.8, 4) is 5.75 Å². The molecule has 1 aromatic rings. The molecule has 0 aliphatic heterocycles. The van der Waals surface area contributed by atoms with Crippen molar-refractivity contribution in [2.24, 2.45) is 0 Å². The maximum atomic E-state index is 11.1. The van der Waals surface area contributed by atoms with E-state index in [9.17, 15) is 28.8 Å². The molecule has 3 rings (SSSR count). The van der Waals surface area contributed by atoms with Gasteiger partial charge in [0.05, 0.1) is 11.8 Å². The largest absolute Gasteiger partial charge is 0.507 e. The van der Waals surface area contributed by atoms with Crippen LogP contribution in [0.4, 0.5) is 5.69 Å². The molecule has 0 saturated carbocycles. The van der Waals surface area contributed by atoms with E-state index in [1.54, 1.807) is 24.3 Å². The van der Waals surface area contributed by atoms with Crippen molar-refractivity contribution in [2.45, 2.75) is 110 Å². The fourth-order valence-electron chi connectivity index (χ4n) is 6.35. The average molecular weight is 674 g/mol. The highest BCUT2D eigenvalue weighted by Gasteiger charge is 2.39. The number of rotatable bonds is 21. The number of anilines is 1. The number of hydrogen-bond acceptors (Lipinski definition) is 7. The van der Waals surface area contributed by atoms with Crippen LogP contribution < -0.4 is 4.90 Å². The summed E-state index contributed by atoms with van der Waals surface area (Å²) in [5, 5.41) is 44.1. The summed E-state index contributed by atoms with van der Waals surface area (Å²) in [6, 6.07) is 4.84. The lowest BCUT2D eigenvalue weighted by molar-refractivity contribution is -0.527. The van der Waals surface area contributed by atoms with E-state index in [1.807, 2.05) is 17.9 Å². The minimum atomic E-state index is -4.06. The molecular weight excluding hydrogens is 616 g/mol. The van der Waals surface area contributed by atoms with Crippen LogP contribution in [0.3, 0.4) is 0 Å². The normalized spacial score (nSPS) is 18.0. The zero-order valence-corrected chi connectivity index (χ0v) is 29.4. The molecule has 0 fully saturated rings. The monoisotopic (exact) mass is 673 g/mol. The van der Waals surface area contributed by atoms with Gasteiger partial charge < -0.3 is 25.3 Å². The smallest absolute Gasteiger partial charge is 0.264 e. The first-order valence-electron chi connectivity index (χ1n) is 17.6. The minimum Gasteiger partial charge on any atom is -0.507 e. The second kappa shape index (κ2) is 19.1. The molecule has 0 spiro atoms. The Morgan fingerprint density at radius 2 is 1.38 bits per heavy atom. The lowest BCUT2D eigenvalue weighted by Gasteiger charge is -2.32. The Balaban J connectivity index is 1.78. The number of aromatic hydroxyl groups is 1. The van der Waals surface area contributed by atoms with Crippen LogP contribution in [0.5, 0.6) is 5.75 Å². The van der Waals surface area contributed by atoms with Crippen molar-refractivity contribution < 1.29 is 38.0 Å². The summed E-state index contributed by atoms with van der Waals surface area (Å²) in [6.45, 7) is 9.07. The zero-order chi connectivity index (χ0) is 34.4. The van der Waals surface area contributed by atoms with Crippen LogP contribution >= 0.6 is 0 Å². The second-order valence-electron chi connectivity index (χ2n) is 12.7. The van der Waals surface area contributed by atoms with Crippen LogP contribution in [0.2, 0.25) is 0 Å². The summed E-state index contributed by atoms with van der Waals surface area (Å²) in [6.07, 6.45) is 19.0. The van der Waals surface area contributed by atoms with E-state index in [4.69, 9.17) is 4.55 Å². The third-order valence-electron chi connectivity index (χ3n) is 9.11. The van der Waals surface area contributed by atoms with Gasteiger partial charge in [-0.15, -0.1) is 0 Å². The molecule has 0 aromatic heterocycles. The highest BCUT2D eigenvalue weighted by molar-refractivity contribution is 7.85. The van der Waals surface area contributed by atoms with Gasteiger partial charge in [0.1, 0.15) is 36.5 Å². The Labute approximate surface area is 282 Å². The first kappa shape index (κ1) is 38.4. The predicted octanol–water partition coefficient (Wildman–Crippen LogP) is 7.62. The molecule has 0 heterocycles. The van der Waals surface area contributed by atoms with Gasteiger partial charge in [-0.3, -0.25) is 4.55 Å². The summed E-state index contributed by atoms with van der Waals surface area (Å²) < 4.78 is 33.5. The molecule has 47 heavy (non-hydrogen) atoms. The van der Waals surface area contributed by atoms with E-state index in [0.29, 0.717) is 24.4 Å². The molecule has 5 N–H and O–H groups in total. The highest BCUT2D eigenvalue weighted by atomic mass is 32.2. The Morgan fingerprint density at radius 1 is 0.787 bits per heavy atom. The zero-order valence-electron chi connectivity index (χ0n) is 28.6. The fourth-order valence-corrected chi connectivity index (χ4v) is 6.85. The van der Waals surface area contributed by atoms with Crippen molar-refractivity contribution in [2.75, 3.05) is 36.8 Å². The summed E-state index contributed by atoms with van der Waals surface area (Å²) >= 11 is 0. The minimum absolute atomic E-state index is 0.0129. The number of benzene rings is 1. The summed E-state index contributed by atoms with van der Waals surface area (Å²) in [5.41, 5.74) is 2.59. The maximum absolute atomic E-state index is 11.1. The summed E-state index contributed by atoms with van der Waals surface area (Å²) in [4.78, 5) is 1.86. The molecule has 0 bridgehead atoms. The van der Waals surface area contributed by atoms with E-state index >= 15 is 0 Å². The van der Waals surface area contributed by atoms with E-state index in [0.717, 1.165) is 31.6 Å². The van der Waals surface area contributed by atoms with Gasteiger partial charge in [-0.05, 0) is 44.4 Å². The number of hydrogen-bond donors (Lipinski definition) is 5. The van der Waals surface area contributed by atoms with Crippen molar-refractivity contribution in [1.29, 1.82) is 0 Å².